The quantitative estimate of drug-likeness (QED) is 0.857. The Morgan fingerprint density at radius 1 is 1.33 bits per heavy atom. The molecule has 0 bridgehead atoms. The molecule has 2 N–H and O–H groups in total. The number of carbonyl (C=O) groups is 1. The first kappa shape index (κ1) is 13.1. The van der Waals surface area contributed by atoms with Crippen LogP contribution in [0.2, 0.25) is 0 Å². The van der Waals surface area contributed by atoms with Gasteiger partial charge in [0.05, 0.1) is 0 Å². The molecule has 1 atom stereocenters. The third-order valence-electron chi connectivity index (χ3n) is 3.75. The Hall–Kier alpha value is -1.35. The first-order valence-corrected chi connectivity index (χ1v) is 6.69. The molecule has 0 spiro atoms. The molecular formula is C15H22N2O. The lowest BCUT2D eigenvalue weighted by molar-refractivity contribution is -0.121. The van der Waals surface area contributed by atoms with Crippen molar-refractivity contribution < 1.29 is 4.79 Å². The highest BCUT2D eigenvalue weighted by molar-refractivity contribution is 5.92. The maximum atomic E-state index is 12.1. The number of amides is 1. The van der Waals surface area contributed by atoms with E-state index in [1.54, 1.807) is 0 Å². The molecule has 1 saturated heterocycles. The average molecular weight is 246 g/mol. The number of carbonyl (C=O) groups excluding carboxylic acids is 1. The van der Waals surface area contributed by atoms with E-state index in [-0.39, 0.29) is 11.8 Å². The summed E-state index contributed by atoms with van der Waals surface area (Å²) in [4.78, 5) is 12.1. The lowest BCUT2D eigenvalue weighted by Crippen LogP contribution is -2.48. The van der Waals surface area contributed by atoms with Crippen LogP contribution in [0.15, 0.2) is 24.3 Å². The van der Waals surface area contributed by atoms with E-state index in [2.05, 4.69) is 36.6 Å². The van der Waals surface area contributed by atoms with E-state index in [0.717, 1.165) is 18.8 Å². The summed E-state index contributed by atoms with van der Waals surface area (Å²) in [6, 6.07) is 8.12. The minimum absolute atomic E-state index is 0.0777. The summed E-state index contributed by atoms with van der Waals surface area (Å²) in [6.07, 6.45) is 0. The third-order valence-corrected chi connectivity index (χ3v) is 3.75. The van der Waals surface area contributed by atoms with Gasteiger partial charge in [0.2, 0.25) is 5.91 Å². The molecule has 1 amide bonds. The minimum Gasteiger partial charge on any atom is -0.326 e. The molecule has 0 radical (unpaired) electrons. The average Bonchev–Trinajstić information content (AvgIpc) is 2.26. The van der Waals surface area contributed by atoms with E-state index in [0.29, 0.717) is 11.8 Å². The summed E-state index contributed by atoms with van der Waals surface area (Å²) in [7, 11) is 0. The maximum Gasteiger partial charge on any atom is 0.227 e. The van der Waals surface area contributed by atoms with Gasteiger partial charge in [0, 0.05) is 11.6 Å². The van der Waals surface area contributed by atoms with Crippen LogP contribution in [0.4, 0.5) is 5.69 Å². The molecule has 18 heavy (non-hydrogen) atoms. The molecular weight excluding hydrogens is 224 g/mol. The SMILES string of the molecule is CC(C)c1cccc(NC(=O)C(C)C2CNC2)c1. The van der Waals surface area contributed by atoms with E-state index in [1.165, 1.54) is 5.56 Å². The van der Waals surface area contributed by atoms with Crippen LogP contribution in [0.5, 0.6) is 0 Å². The molecule has 0 saturated carbocycles. The third kappa shape index (κ3) is 2.91. The van der Waals surface area contributed by atoms with Crippen molar-refractivity contribution in [2.75, 3.05) is 18.4 Å². The van der Waals surface area contributed by atoms with Gasteiger partial charge in [-0.25, -0.2) is 0 Å². The zero-order valence-corrected chi connectivity index (χ0v) is 11.4. The van der Waals surface area contributed by atoms with Crippen molar-refractivity contribution in [1.82, 2.24) is 5.32 Å². The smallest absolute Gasteiger partial charge is 0.227 e. The van der Waals surface area contributed by atoms with Crippen molar-refractivity contribution in [2.24, 2.45) is 11.8 Å². The highest BCUT2D eigenvalue weighted by atomic mass is 16.1. The minimum atomic E-state index is 0.0777. The molecule has 1 aliphatic rings. The van der Waals surface area contributed by atoms with Gasteiger partial charge in [0.1, 0.15) is 0 Å². The standard InChI is InChI=1S/C15H22N2O/c1-10(2)12-5-4-6-14(7-12)17-15(18)11(3)13-8-16-9-13/h4-7,10-11,13,16H,8-9H2,1-3H3,(H,17,18). The Morgan fingerprint density at radius 3 is 2.61 bits per heavy atom. The van der Waals surface area contributed by atoms with Gasteiger partial charge in [-0.05, 0) is 42.6 Å². The lowest BCUT2D eigenvalue weighted by Gasteiger charge is -2.31. The number of rotatable bonds is 4. The van der Waals surface area contributed by atoms with Crippen LogP contribution >= 0.6 is 0 Å². The molecule has 1 aromatic rings. The molecule has 0 aromatic heterocycles. The molecule has 0 aliphatic carbocycles. The van der Waals surface area contributed by atoms with Crippen LogP contribution in [0.1, 0.15) is 32.3 Å². The van der Waals surface area contributed by atoms with Crippen molar-refractivity contribution in [3.05, 3.63) is 29.8 Å². The van der Waals surface area contributed by atoms with E-state index in [1.807, 2.05) is 19.1 Å². The number of benzene rings is 1. The highest BCUT2D eigenvalue weighted by Gasteiger charge is 2.28. The van der Waals surface area contributed by atoms with Gasteiger partial charge in [-0.3, -0.25) is 4.79 Å². The van der Waals surface area contributed by atoms with Crippen LogP contribution in [0, 0.1) is 11.8 Å². The molecule has 1 heterocycles. The van der Waals surface area contributed by atoms with Gasteiger partial charge in [-0.2, -0.15) is 0 Å². The number of hydrogen-bond acceptors (Lipinski definition) is 2. The normalized spacial score (nSPS) is 17.3. The van der Waals surface area contributed by atoms with Crippen molar-refractivity contribution in [3.8, 4) is 0 Å². The number of hydrogen-bond donors (Lipinski definition) is 2. The van der Waals surface area contributed by atoms with E-state index in [4.69, 9.17) is 0 Å². The molecule has 98 valence electrons. The van der Waals surface area contributed by atoms with Crippen LogP contribution in [-0.4, -0.2) is 19.0 Å². The summed E-state index contributed by atoms with van der Waals surface area (Å²) < 4.78 is 0. The topological polar surface area (TPSA) is 41.1 Å². The van der Waals surface area contributed by atoms with Crippen LogP contribution in [0.25, 0.3) is 0 Å². The van der Waals surface area contributed by atoms with Gasteiger partial charge in [-0.1, -0.05) is 32.9 Å². The molecule has 3 nitrogen and oxygen atoms in total. The predicted octanol–water partition coefficient (Wildman–Crippen LogP) is 2.60. The van der Waals surface area contributed by atoms with Gasteiger partial charge in [0.25, 0.3) is 0 Å². The second-order valence-electron chi connectivity index (χ2n) is 5.48. The summed E-state index contributed by atoms with van der Waals surface area (Å²) in [6.45, 7) is 8.24. The largest absolute Gasteiger partial charge is 0.326 e. The summed E-state index contributed by atoms with van der Waals surface area (Å²) in [5.74, 6) is 1.17. The van der Waals surface area contributed by atoms with E-state index >= 15 is 0 Å². The highest BCUT2D eigenvalue weighted by Crippen LogP contribution is 2.21. The van der Waals surface area contributed by atoms with Gasteiger partial charge in [0.15, 0.2) is 0 Å². The van der Waals surface area contributed by atoms with Crippen molar-refractivity contribution in [2.45, 2.75) is 26.7 Å². The van der Waals surface area contributed by atoms with E-state index < -0.39 is 0 Å². The fraction of sp³-hybridized carbons (Fsp3) is 0.533. The molecule has 3 heteroatoms. The predicted molar refractivity (Wildman–Crippen MR) is 74.7 cm³/mol. The van der Waals surface area contributed by atoms with Gasteiger partial charge < -0.3 is 10.6 Å². The second kappa shape index (κ2) is 5.53. The summed E-state index contributed by atoms with van der Waals surface area (Å²) in [5.41, 5.74) is 2.16. The number of anilines is 1. The second-order valence-corrected chi connectivity index (χ2v) is 5.48. The van der Waals surface area contributed by atoms with Crippen molar-refractivity contribution in [1.29, 1.82) is 0 Å². The first-order valence-electron chi connectivity index (χ1n) is 6.69. The van der Waals surface area contributed by atoms with Crippen molar-refractivity contribution in [3.63, 3.8) is 0 Å². The summed E-state index contributed by atoms with van der Waals surface area (Å²) in [5, 5.41) is 6.22. The Bertz CT molecular complexity index is 424. The first-order chi connectivity index (χ1) is 8.58. The molecule has 1 unspecified atom stereocenters. The van der Waals surface area contributed by atoms with Crippen LogP contribution < -0.4 is 10.6 Å². The fourth-order valence-electron chi connectivity index (χ4n) is 2.11. The molecule has 1 aromatic carbocycles. The Labute approximate surface area is 109 Å². The Kier molecular flexibility index (Phi) is 4.02. The Morgan fingerprint density at radius 2 is 2.06 bits per heavy atom. The zero-order chi connectivity index (χ0) is 13.1. The van der Waals surface area contributed by atoms with Crippen molar-refractivity contribution >= 4 is 11.6 Å². The van der Waals surface area contributed by atoms with E-state index in [9.17, 15) is 4.79 Å². The van der Waals surface area contributed by atoms with Gasteiger partial charge >= 0.3 is 0 Å². The zero-order valence-electron chi connectivity index (χ0n) is 11.4. The number of nitrogens with one attached hydrogen (secondary N) is 2. The maximum absolute atomic E-state index is 12.1. The summed E-state index contributed by atoms with van der Waals surface area (Å²) >= 11 is 0. The lowest BCUT2D eigenvalue weighted by atomic mass is 9.88. The van der Waals surface area contributed by atoms with Crippen LogP contribution in [0.3, 0.4) is 0 Å². The van der Waals surface area contributed by atoms with Gasteiger partial charge in [-0.15, -0.1) is 0 Å². The molecule has 1 aliphatic heterocycles. The fourth-order valence-corrected chi connectivity index (χ4v) is 2.11. The molecule has 2 rings (SSSR count). The molecule has 1 fully saturated rings. The monoisotopic (exact) mass is 246 g/mol. The Balaban J connectivity index is 1.99. The van der Waals surface area contributed by atoms with Crippen LogP contribution in [-0.2, 0) is 4.79 Å².